The summed E-state index contributed by atoms with van der Waals surface area (Å²) in [4.78, 5) is 0. The van der Waals surface area contributed by atoms with Gasteiger partial charge in [0, 0.05) is 25.8 Å². The normalized spacial score (nSPS) is 15.5. The van der Waals surface area contributed by atoms with Crippen LogP contribution in [0.5, 0.6) is 0 Å². The number of nitrogens with zero attached hydrogens (tertiary/aromatic N) is 2. The predicted octanol–water partition coefficient (Wildman–Crippen LogP) is 2.43. The van der Waals surface area contributed by atoms with Gasteiger partial charge in [0.1, 0.15) is 0 Å². The third kappa shape index (κ3) is 4.05. The maximum absolute atomic E-state index is 10.4. The summed E-state index contributed by atoms with van der Waals surface area (Å²) in [7, 11) is 1.66. The summed E-state index contributed by atoms with van der Waals surface area (Å²) in [5.41, 5.74) is 2.07. The number of methoxy groups -OCH3 is 1. The second-order valence-corrected chi connectivity index (χ2v) is 6.09. The van der Waals surface area contributed by atoms with Gasteiger partial charge < -0.3 is 9.84 Å². The van der Waals surface area contributed by atoms with Crippen LogP contribution in [0.4, 0.5) is 0 Å². The molecule has 0 aromatic carbocycles. The van der Waals surface area contributed by atoms with Crippen molar-refractivity contribution in [1.29, 1.82) is 0 Å². The molecule has 0 amide bonds. The van der Waals surface area contributed by atoms with Crippen molar-refractivity contribution in [2.45, 2.75) is 66.2 Å². The molecule has 1 N–H and O–H groups in total. The highest BCUT2D eigenvalue weighted by atomic mass is 16.5. The van der Waals surface area contributed by atoms with Crippen molar-refractivity contribution in [2.75, 3.05) is 7.11 Å². The van der Waals surface area contributed by atoms with Crippen molar-refractivity contribution in [3.05, 3.63) is 17.5 Å². The summed E-state index contributed by atoms with van der Waals surface area (Å²) < 4.78 is 7.45. The second kappa shape index (κ2) is 6.53. The van der Waals surface area contributed by atoms with Gasteiger partial charge in [-0.3, -0.25) is 4.68 Å². The largest absolute Gasteiger partial charge is 0.390 e. The smallest absolute Gasteiger partial charge is 0.0882 e. The Bertz CT molecular complexity index is 393. The van der Waals surface area contributed by atoms with Crippen LogP contribution in [0.2, 0.25) is 0 Å². The molecule has 19 heavy (non-hydrogen) atoms. The lowest BCUT2D eigenvalue weighted by molar-refractivity contribution is -0.0704. The van der Waals surface area contributed by atoms with E-state index in [-0.39, 0.29) is 11.5 Å². The Kier molecular flexibility index (Phi) is 5.56. The van der Waals surface area contributed by atoms with E-state index in [0.29, 0.717) is 6.42 Å². The molecule has 0 saturated heterocycles. The molecule has 4 nitrogen and oxygen atoms in total. The molecule has 0 fully saturated rings. The molecule has 2 unspecified atom stereocenters. The van der Waals surface area contributed by atoms with E-state index in [1.165, 1.54) is 0 Å². The van der Waals surface area contributed by atoms with E-state index in [1.807, 2.05) is 4.68 Å². The standard InChI is InChI=1S/C15H28N2O2/c1-7-11-9-12(17(8-2)16-11)10-13(18)14(19-6)15(3,4)5/h9,13-14,18H,7-8,10H2,1-6H3. The molecule has 1 rings (SSSR count). The third-order valence-corrected chi connectivity index (χ3v) is 3.45. The minimum atomic E-state index is -0.517. The molecule has 0 radical (unpaired) electrons. The fourth-order valence-corrected chi connectivity index (χ4v) is 2.53. The lowest BCUT2D eigenvalue weighted by Gasteiger charge is -2.33. The first kappa shape index (κ1) is 16.2. The van der Waals surface area contributed by atoms with Crippen LogP contribution in [0.1, 0.15) is 46.0 Å². The first-order valence-electron chi connectivity index (χ1n) is 7.09. The van der Waals surface area contributed by atoms with Crippen LogP contribution in [0.3, 0.4) is 0 Å². The predicted molar refractivity (Wildman–Crippen MR) is 77.2 cm³/mol. The third-order valence-electron chi connectivity index (χ3n) is 3.45. The highest BCUT2D eigenvalue weighted by molar-refractivity contribution is 5.12. The summed E-state index contributed by atoms with van der Waals surface area (Å²) >= 11 is 0. The zero-order valence-corrected chi connectivity index (χ0v) is 13.1. The van der Waals surface area contributed by atoms with Crippen LogP contribution in [0.15, 0.2) is 6.07 Å². The highest BCUT2D eigenvalue weighted by Gasteiger charge is 2.31. The quantitative estimate of drug-likeness (QED) is 0.862. The molecule has 110 valence electrons. The lowest BCUT2D eigenvalue weighted by atomic mass is 9.84. The Morgan fingerprint density at radius 1 is 1.37 bits per heavy atom. The van der Waals surface area contributed by atoms with Gasteiger partial charge >= 0.3 is 0 Å². The monoisotopic (exact) mass is 268 g/mol. The van der Waals surface area contributed by atoms with E-state index in [0.717, 1.165) is 24.4 Å². The molecule has 0 aliphatic rings. The number of hydrogen-bond acceptors (Lipinski definition) is 3. The Labute approximate surface area is 116 Å². The number of ether oxygens (including phenoxy) is 1. The van der Waals surface area contributed by atoms with Crippen LogP contribution < -0.4 is 0 Å². The highest BCUT2D eigenvalue weighted by Crippen LogP contribution is 2.26. The maximum atomic E-state index is 10.4. The number of rotatable bonds is 6. The van der Waals surface area contributed by atoms with Crippen LogP contribution in [0, 0.1) is 5.41 Å². The Morgan fingerprint density at radius 3 is 2.42 bits per heavy atom. The Balaban J connectivity index is 2.86. The molecule has 4 heteroatoms. The molecule has 1 aromatic heterocycles. The molecular formula is C15H28N2O2. The van der Waals surface area contributed by atoms with E-state index in [2.05, 4.69) is 45.8 Å². The van der Waals surface area contributed by atoms with Gasteiger partial charge in [-0.25, -0.2) is 0 Å². The van der Waals surface area contributed by atoms with E-state index in [1.54, 1.807) is 7.11 Å². The zero-order chi connectivity index (χ0) is 14.6. The molecule has 0 saturated carbocycles. The molecular weight excluding hydrogens is 240 g/mol. The van der Waals surface area contributed by atoms with Gasteiger partial charge in [-0.1, -0.05) is 27.7 Å². The van der Waals surface area contributed by atoms with Gasteiger partial charge in [0.2, 0.25) is 0 Å². The summed E-state index contributed by atoms with van der Waals surface area (Å²) in [6.07, 6.45) is 0.800. The fraction of sp³-hybridized carbons (Fsp3) is 0.800. The summed E-state index contributed by atoms with van der Waals surface area (Å²) in [5.74, 6) is 0. The summed E-state index contributed by atoms with van der Waals surface area (Å²) in [6.45, 7) is 11.2. The van der Waals surface area contributed by atoms with Crippen LogP contribution in [-0.4, -0.2) is 34.2 Å². The van der Waals surface area contributed by atoms with E-state index >= 15 is 0 Å². The molecule has 0 bridgehead atoms. The molecule has 1 aromatic rings. The van der Waals surface area contributed by atoms with Crippen LogP contribution in [0.25, 0.3) is 0 Å². The van der Waals surface area contributed by atoms with Crippen molar-refractivity contribution < 1.29 is 9.84 Å². The number of aliphatic hydroxyl groups excluding tert-OH is 1. The summed E-state index contributed by atoms with van der Waals surface area (Å²) in [5, 5.41) is 14.9. The van der Waals surface area contributed by atoms with Gasteiger partial charge in [0.25, 0.3) is 0 Å². The fourth-order valence-electron chi connectivity index (χ4n) is 2.53. The van der Waals surface area contributed by atoms with Gasteiger partial charge in [0.15, 0.2) is 0 Å². The topological polar surface area (TPSA) is 47.3 Å². The number of aromatic nitrogens is 2. The first-order chi connectivity index (χ1) is 8.83. The van der Waals surface area contributed by atoms with Crippen molar-refractivity contribution in [1.82, 2.24) is 9.78 Å². The number of hydrogen-bond donors (Lipinski definition) is 1. The molecule has 0 aliphatic heterocycles. The zero-order valence-electron chi connectivity index (χ0n) is 13.1. The molecule has 0 aliphatic carbocycles. The Morgan fingerprint density at radius 2 is 2.00 bits per heavy atom. The minimum Gasteiger partial charge on any atom is -0.390 e. The van der Waals surface area contributed by atoms with Gasteiger partial charge in [-0.05, 0) is 24.8 Å². The minimum absolute atomic E-state index is 0.0845. The first-order valence-corrected chi connectivity index (χ1v) is 7.09. The second-order valence-electron chi connectivity index (χ2n) is 6.09. The van der Waals surface area contributed by atoms with Crippen molar-refractivity contribution in [3.8, 4) is 0 Å². The van der Waals surface area contributed by atoms with Gasteiger partial charge in [-0.15, -0.1) is 0 Å². The average molecular weight is 268 g/mol. The van der Waals surface area contributed by atoms with Gasteiger partial charge in [-0.2, -0.15) is 5.10 Å². The van der Waals surface area contributed by atoms with E-state index in [4.69, 9.17) is 4.74 Å². The van der Waals surface area contributed by atoms with Crippen molar-refractivity contribution in [2.24, 2.45) is 5.41 Å². The van der Waals surface area contributed by atoms with E-state index in [9.17, 15) is 5.11 Å². The maximum Gasteiger partial charge on any atom is 0.0882 e. The van der Waals surface area contributed by atoms with Crippen LogP contribution >= 0.6 is 0 Å². The SMILES string of the molecule is CCc1cc(CC(O)C(OC)C(C)(C)C)n(CC)n1. The number of aliphatic hydroxyl groups is 1. The lowest BCUT2D eigenvalue weighted by Crippen LogP contribution is -2.40. The van der Waals surface area contributed by atoms with Crippen molar-refractivity contribution >= 4 is 0 Å². The molecule has 1 heterocycles. The van der Waals surface area contributed by atoms with E-state index < -0.39 is 6.10 Å². The average Bonchev–Trinajstić information content (AvgIpc) is 2.70. The van der Waals surface area contributed by atoms with Crippen molar-refractivity contribution in [3.63, 3.8) is 0 Å². The molecule has 2 atom stereocenters. The number of aryl methyl sites for hydroxylation is 2. The summed E-state index contributed by atoms with van der Waals surface area (Å²) in [6, 6.07) is 2.09. The Hall–Kier alpha value is -0.870. The van der Waals surface area contributed by atoms with Gasteiger partial charge in [0.05, 0.1) is 17.9 Å². The van der Waals surface area contributed by atoms with Crippen LogP contribution in [-0.2, 0) is 24.1 Å². The molecule has 0 spiro atoms.